The summed E-state index contributed by atoms with van der Waals surface area (Å²) >= 11 is 0. The van der Waals surface area contributed by atoms with E-state index in [1.807, 2.05) is 35.6 Å². The number of hydrogen-bond acceptors (Lipinski definition) is 4. The number of aromatic amines is 1. The van der Waals surface area contributed by atoms with Crippen LogP contribution in [0.15, 0.2) is 48.4 Å². The van der Waals surface area contributed by atoms with Crippen LogP contribution in [-0.2, 0) is 16.0 Å². The minimum Gasteiger partial charge on any atom is -0.377 e. The van der Waals surface area contributed by atoms with E-state index < -0.39 is 0 Å². The third-order valence-electron chi connectivity index (χ3n) is 4.94. The number of rotatable bonds is 3. The van der Waals surface area contributed by atoms with E-state index in [0.717, 1.165) is 52.1 Å². The van der Waals surface area contributed by atoms with Crippen molar-refractivity contribution in [2.45, 2.75) is 12.8 Å². The molecule has 6 heteroatoms. The number of nitrogens with zero attached hydrogens (tertiary/aromatic N) is 3. The Bertz CT molecular complexity index is 1040. The van der Waals surface area contributed by atoms with Crippen LogP contribution in [-0.4, -0.2) is 40.6 Å². The largest absolute Gasteiger partial charge is 0.377 e. The molecule has 2 aliphatic heterocycles. The number of fused-ring (bicyclic) bond motifs is 2. The van der Waals surface area contributed by atoms with Crippen LogP contribution in [0.2, 0.25) is 0 Å². The van der Waals surface area contributed by atoms with Crippen LogP contribution in [0.25, 0.3) is 22.2 Å². The minimum absolute atomic E-state index is 0.0929. The second kappa shape index (κ2) is 6.07. The molecule has 0 spiro atoms. The highest BCUT2D eigenvalue weighted by molar-refractivity contribution is 6.01. The molecule has 2 aliphatic rings. The Morgan fingerprint density at radius 3 is 2.96 bits per heavy atom. The molecule has 5 heterocycles. The highest BCUT2D eigenvalue weighted by Gasteiger charge is 2.29. The molecule has 130 valence electrons. The molecular formula is C20H18N4O2. The van der Waals surface area contributed by atoms with Crippen molar-refractivity contribution in [1.82, 2.24) is 15.0 Å². The normalized spacial score (nSPS) is 16.8. The molecule has 0 radical (unpaired) electrons. The Labute approximate surface area is 150 Å². The summed E-state index contributed by atoms with van der Waals surface area (Å²) in [5.74, 6) is 0.0929. The first kappa shape index (κ1) is 15.3. The van der Waals surface area contributed by atoms with E-state index in [1.54, 1.807) is 0 Å². The Morgan fingerprint density at radius 1 is 1.19 bits per heavy atom. The zero-order valence-corrected chi connectivity index (χ0v) is 14.2. The molecule has 0 atom stereocenters. The van der Waals surface area contributed by atoms with Crippen molar-refractivity contribution in [2.75, 3.05) is 24.7 Å². The number of anilines is 1. The standard InChI is InChI=1S/C20H18N4O2/c25-19-8-17-18(24(19)11-13-2-1-5-26-12-13)7-16(9-22-17)15-6-14-3-4-21-20(14)23-10-15/h2-4,6-7,9-10H,1,5,8,11-12H2,(H,21,23). The molecule has 0 aromatic carbocycles. The van der Waals surface area contributed by atoms with Gasteiger partial charge in [-0.15, -0.1) is 0 Å². The SMILES string of the molecule is O=C1Cc2ncc(-c3cnc4[nH]ccc4c3)cc2N1CC1=CCCOC1. The summed E-state index contributed by atoms with van der Waals surface area (Å²) in [4.78, 5) is 26.4. The zero-order valence-electron chi connectivity index (χ0n) is 14.2. The van der Waals surface area contributed by atoms with E-state index in [2.05, 4.69) is 27.1 Å². The quantitative estimate of drug-likeness (QED) is 0.740. The van der Waals surface area contributed by atoms with Crippen molar-refractivity contribution in [3.05, 3.63) is 54.1 Å². The van der Waals surface area contributed by atoms with E-state index >= 15 is 0 Å². The van der Waals surface area contributed by atoms with Gasteiger partial charge in [0.2, 0.25) is 5.91 Å². The molecule has 6 nitrogen and oxygen atoms in total. The fourth-order valence-electron chi connectivity index (χ4n) is 3.58. The van der Waals surface area contributed by atoms with Gasteiger partial charge in [0.1, 0.15) is 5.65 Å². The maximum absolute atomic E-state index is 12.5. The van der Waals surface area contributed by atoms with Crippen molar-refractivity contribution in [3.63, 3.8) is 0 Å². The summed E-state index contributed by atoms with van der Waals surface area (Å²) in [5, 5.41) is 1.06. The lowest BCUT2D eigenvalue weighted by molar-refractivity contribution is -0.117. The highest BCUT2D eigenvalue weighted by Crippen LogP contribution is 2.33. The van der Waals surface area contributed by atoms with Gasteiger partial charge in [-0.3, -0.25) is 9.78 Å². The van der Waals surface area contributed by atoms with Crippen LogP contribution in [0.4, 0.5) is 5.69 Å². The third-order valence-corrected chi connectivity index (χ3v) is 4.94. The minimum atomic E-state index is 0.0929. The summed E-state index contributed by atoms with van der Waals surface area (Å²) in [6.07, 6.45) is 8.98. The van der Waals surface area contributed by atoms with E-state index in [1.165, 1.54) is 0 Å². The van der Waals surface area contributed by atoms with Gasteiger partial charge < -0.3 is 14.6 Å². The Kier molecular flexibility index (Phi) is 3.57. The molecule has 0 saturated heterocycles. The fraction of sp³-hybridized carbons (Fsp3) is 0.250. The molecular weight excluding hydrogens is 328 g/mol. The van der Waals surface area contributed by atoms with Crippen molar-refractivity contribution >= 4 is 22.6 Å². The number of hydrogen-bond donors (Lipinski definition) is 1. The summed E-state index contributed by atoms with van der Waals surface area (Å²) < 4.78 is 5.51. The first-order chi connectivity index (χ1) is 12.8. The molecule has 0 aliphatic carbocycles. The molecule has 0 unspecified atom stereocenters. The summed E-state index contributed by atoms with van der Waals surface area (Å²) in [6, 6.07) is 6.13. The third kappa shape index (κ3) is 2.59. The molecule has 1 amide bonds. The summed E-state index contributed by atoms with van der Waals surface area (Å²) in [6.45, 7) is 1.93. The molecule has 3 aromatic rings. The molecule has 0 fully saturated rings. The number of pyridine rings is 2. The Balaban J connectivity index is 1.51. The number of aromatic nitrogens is 3. The van der Waals surface area contributed by atoms with Crippen LogP contribution in [0.5, 0.6) is 0 Å². The number of amides is 1. The average Bonchev–Trinajstić information content (AvgIpc) is 3.26. The summed E-state index contributed by atoms with van der Waals surface area (Å²) in [7, 11) is 0. The van der Waals surface area contributed by atoms with Crippen LogP contribution in [0.3, 0.4) is 0 Å². The van der Waals surface area contributed by atoms with Gasteiger partial charge in [0.25, 0.3) is 0 Å². The van der Waals surface area contributed by atoms with Gasteiger partial charge in [-0.25, -0.2) is 4.98 Å². The molecule has 5 rings (SSSR count). The van der Waals surface area contributed by atoms with Crippen LogP contribution < -0.4 is 4.90 Å². The lowest BCUT2D eigenvalue weighted by atomic mass is 10.1. The smallest absolute Gasteiger partial charge is 0.233 e. The van der Waals surface area contributed by atoms with Crippen molar-refractivity contribution in [2.24, 2.45) is 0 Å². The molecule has 26 heavy (non-hydrogen) atoms. The second-order valence-electron chi connectivity index (χ2n) is 6.69. The molecule has 0 bridgehead atoms. The lowest BCUT2D eigenvalue weighted by Crippen LogP contribution is -2.30. The van der Waals surface area contributed by atoms with Gasteiger partial charge >= 0.3 is 0 Å². The Morgan fingerprint density at radius 2 is 2.08 bits per heavy atom. The monoisotopic (exact) mass is 346 g/mol. The number of carbonyl (C=O) groups excluding carboxylic acids is 1. The van der Waals surface area contributed by atoms with Gasteiger partial charge in [-0.2, -0.15) is 0 Å². The molecule has 3 aromatic heterocycles. The van der Waals surface area contributed by atoms with Crippen LogP contribution in [0.1, 0.15) is 12.1 Å². The van der Waals surface area contributed by atoms with E-state index in [0.29, 0.717) is 19.6 Å². The van der Waals surface area contributed by atoms with Crippen molar-refractivity contribution < 1.29 is 9.53 Å². The van der Waals surface area contributed by atoms with Gasteiger partial charge in [0.05, 0.1) is 31.0 Å². The molecule has 0 saturated carbocycles. The maximum atomic E-state index is 12.5. The van der Waals surface area contributed by atoms with E-state index in [9.17, 15) is 4.79 Å². The van der Waals surface area contributed by atoms with Crippen molar-refractivity contribution in [3.8, 4) is 11.1 Å². The fourth-order valence-corrected chi connectivity index (χ4v) is 3.58. The zero-order chi connectivity index (χ0) is 17.5. The first-order valence-electron chi connectivity index (χ1n) is 8.76. The second-order valence-corrected chi connectivity index (χ2v) is 6.69. The maximum Gasteiger partial charge on any atom is 0.233 e. The number of ether oxygens (including phenoxy) is 1. The van der Waals surface area contributed by atoms with E-state index in [-0.39, 0.29) is 5.91 Å². The number of nitrogens with one attached hydrogen (secondary N) is 1. The van der Waals surface area contributed by atoms with Gasteiger partial charge in [-0.05, 0) is 30.2 Å². The Hall–Kier alpha value is -2.99. The average molecular weight is 346 g/mol. The first-order valence-corrected chi connectivity index (χ1v) is 8.76. The van der Waals surface area contributed by atoms with Crippen LogP contribution >= 0.6 is 0 Å². The molecule has 1 N–H and O–H groups in total. The predicted molar refractivity (Wildman–Crippen MR) is 98.9 cm³/mol. The topological polar surface area (TPSA) is 71.1 Å². The van der Waals surface area contributed by atoms with Crippen molar-refractivity contribution in [1.29, 1.82) is 0 Å². The number of H-pyrrole nitrogens is 1. The van der Waals surface area contributed by atoms with E-state index in [4.69, 9.17) is 4.74 Å². The lowest BCUT2D eigenvalue weighted by Gasteiger charge is -2.22. The van der Waals surface area contributed by atoms with Gasteiger partial charge in [0, 0.05) is 41.6 Å². The van der Waals surface area contributed by atoms with Gasteiger partial charge in [-0.1, -0.05) is 6.08 Å². The predicted octanol–water partition coefficient (Wildman–Crippen LogP) is 2.86. The van der Waals surface area contributed by atoms with Crippen LogP contribution in [0, 0.1) is 0 Å². The summed E-state index contributed by atoms with van der Waals surface area (Å²) in [5.41, 5.74) is 5.71. The van der Waals surface area contributed by atoms with Gasteiger partial charge in [0.15, 0.2) is 0 Å². The highest BCUT2D eigenvalue weighted by atomic mass is 16.5. The number of carbonyl (C=O) groups is 1.